The third-order valence-corrected chi connectivity index (χ3v) is 4.59. The first-order valence-corrected chi connectivity index (χ1v) is 6.95. The monoisotopic (exact) mass is 249 g/mol. The summed E-state index contributed by atoms with van der Waals surface area (Å²) in [4.78, 5) is 2.13. The van der Waals surface area contributed by atoms with Crippen LogP contribution in [-0.2, 0) is 10.0 Å². The molecule has 0 unspecified atom stereocenters. The smallest absolute Gasteiger partial charge is 0.241 e. The van der Waals surface area contributed by atoms with Gasteiger partial charge in [-0.3, -0.25) is 0 Å². The summed E-state index contributed by atoms with van der Waals surface area (Å²) in [5.74, 6) is 0. The Morgan fingerprint density at radius 3 is 2.60 bits per heavy atom. The Bertz CT molecular complexity index is 423. The van der Waals surface area contributed by atoms with E-state index in [4.69, 9.17) is 5.11 Å². The number of rotatable bonds is 5. The van der Waals surface area contributed by atoms with Gasteiger partial charge in [-0.25, -0.2) is 13.1 Å². The Labute approximate surface area is 94.0 Å². The zero-order valence-corrected chi connectivity index (χ0v) is 10.4. The van der Waals surface area contributed by atoms with Crippen LogP contribution in [0.4, 0.5) is 0 Å². The van der Waals surface area contributed by atoms with E-state index in [1.807, 2.05) is 6.92 Å². The Balaban J connectivity index is 2.82. The lowest BCUT2D eigenvalue weighted by Gasteiger charge is -2.04. The zero-order chi connectivity index (χ0) is 11.5. The van der Waals surface area contributed by atoms with Crippen molar-refractivity contribution in [3.05, 3.63) is 15.8 Å². The van der Waals surface area contributed by atoms with Crippen LogP contribution in [0.1, 0.15) is 16.2 Å². The van der Waals surface area contributed by atoms with Gasteiger partial charge in [0.25, 0.3) is 0 Å². The molecule has 1 aromatic rings. The lowest BCUT2D eigenvalue weighted by molar-refractivity contribution is 0.289. The Kier molecular flexibility index (Phi) is 4.27. The summed E-state index contributed by atoms with van der Waals surface area (Å²) in [6, 6.07) is 1.67. The molecule has 1 heterocycles. The number of nitrogens with one attached hydrogen (secondary N) is 1. The van der Waals surface area contributed by atoms with E-state index in [2.05, 4.69) is 4.72 Å². The van der Waals surface area contributed by atoms with Gasteiger partial charge in [0.15, 0.2) is 0 Å². The van der Waals surface area contributed by atoms with Crippen molar-refractivity contribution in [1.29, 1.82) is 0 Å². The fourth-order valence-corrected chi connectivity index (χ4v) is 3.86. The molecule has 0 saturated heterocycles. The molecule has 1 rings (SSSR count). The van der Waals surface area contributed by atoms with Crippen LogP contribution in [0.2, 0.25) is 0 Å². The SMILES string of the molecule is Cc1cc(S(=O)(=O)NCCCO)c(C)s1. The lowest BCUT2D eigenvalue weighted by Crippen LogP contribution is -2.25. The highest BCUT2D eigenvalue weighted by Gasteiger charge is 2.17. The second kappa shape index (κ2) is 5.07. The number of aliphatic hydroxyl groups excluding tert-OH is 1. The molecule has 0 bridgehead atoms. The molecular formula is C9H15NO3S2. The zero-order valence-electron chi connectivity index (χ0n) is 8.78. The summed E-state index contributed by atoms with van der Waals surface area (Å²) < 4.78 is 26.0. The molecule has 0 fully saturated rings. The molecule has 0 atom stereocenters. The lowest BCUT2D eigenvalue weighted by atomic mass is 10.4. The van der Waals surface area contributed by atoms with Gasteiger partial charge in [0, 0.05) is 22.9 Å². The van der Waals surface area contributed by atoms with Gasteiger partial charge >= 0.3 is 0 Å². The maximum atomic E-state index is 11.8. The average molecular weight is 249 g/mol. The maximum absolute atomic E-state index is 11.8. The molecule has 0 aliphatic rings. The van der Waals surface area contributed by atoms with Crippen LogP contribution < -0.4 is 4.72 Å². The third kappa shape index (κ3) is 3.27. The highest BCUT2D eigenvalue weighted by Crippen LogP contribution is 2.24. The van der Waals surface area contributed by atoms with E-state index in [-0.39, 0.29) is 13.2 Å². The number of thiophene rings is 1. The molecule has 15 heavy (non-hydrogen) atoms. The summed E-state index contributed by atoms with van der Waals surface area (Å²) in [5, 5.41) is 8.56. The molecule has 0 saturated carbocycles. The van der Waals surface area contributed by atoms with Gasteiger partial charge in [-0.1, -0.05) is 0 Å². The minimum absolute atomic E-state index is 0.00976. The van der Waals surface area contributed by atoms with Gasteiger partial charge in [0.05, 0.1) is 4.90 Å². The van der Waals surface area contributed by atoms with E-state index < -0.39 is 10.0 Å². The van der Waals surface area contributed by atoms with Crippen molar-refractivity contribution in [1.82, 2.24) is 4.72 Å². The van der Waals surface area contributed by atoms with Crippen molar-refractivity contribution in [3.63, 3.8) is 0 Å². The predicted molar refractivity (Wildman–Crippen MR) is 60.7 cm³/mol. The highest BCUT2D eigenvalue weighted by molar-refractivity contribution is 7.89. The quantitative estimate of drug-likeness (QED) is 0.766. The topological polar surface area (TPSA) is 66.4 Å². The number of aryl methyl sites for hydroxylation is 2. The minimum atomic E-state index is -3.39. The van der Waals surface area contributed by atoms with E-state index in [9.17, 15) is 8.42 Å². The van der Waals surface area contributed by atoms with Crippen LogP contribution in [0.3, 0.4) is 0 Å². The summed E-state index contributed by atoms with van der Waals surface area (Å²) in [5.41, 5.74) is 0. The largest absolute Gasteiger partial charge is 0.396 e. The first-order valence-electron chi connectivity index (χ1n) is 4.65. The summed E-state index contributed by atoms with van der Waals surface area (Å²) in [7, 11) is -3.39. The summed E-state index contributed by atoms with van der Waals surface area (Å²) in [6.07, 6.45) is 0.432. The summed E-state index contributed by atoms with van der Waals surface area (Å²) >= 11 is 1.47. The Morgan fingerprint density at radius 1 is 1.47 bits per heavy atom. The number of hydrogen-bond donors (Lipinski definition) is 2. The van der Waals surface area contributed by atoms with Gasteiger partial charge in [0.2, 0.25) is 10.0 Å². The average Bonchev–Trinajstić information content (AvgIpc) is 2.46. The minimum Gasteiger partial charge on any atom is -0.396 e. The molecule has 0 radical (unpaired) electrons. The van der Waals surface area contributed by atoms with Gasteiger partial charge in [0.1, 0.15) is 0 Å². The second-order valence-corrected chi connectivity index (χ2v) is 6.45. The third-order valence-electron chi connectivity index (χ3n) is 1.91. The van der Waals surface area contributed by atoms with Crippen LogP contribution in [0.15, 0.2) is 11.0 Å². The highest BCUT2D eigenvalue weighted by atomic mass is 32.2. The van der Waals surface area contributed by atoms with Crippen molar-refractivity contribution in [2.24, 2.45) is 0 Å². The predicted octanol–water partition coefficient (Wildman–Crippen LogP) is 1.03. The molecule has 0 aromatic carbocycles. The van der Waals surface area contributed by atoms with E-state index in [1.54, 1.807) is 13.0 Å². The molecule has 6 heteroatoms. The van der Waals surface area contributed by atoms with Gasteiger partial charge in [-0.15, -0.1) is 11.3 Å². The van der Waals surface area contributed by atoms with E-state index >= 15 is 0 Å². The fraction of sp³-hybridized carbons (Fsp3) is 0.556. The Hall–Kier alpha value is -0.430. The molecule has 0 amide bonds. The molecule has 0 aliphatic heterocycles. The second-order valence-electron chi connectivity index (χ2n) is 3.25. The van der Waals surface area contributed by atoms with Crippen LogP contribution in [0, 0.1) is 13.8 Å². The van der Waals surface area contributed by atoms with Gasteiger partial charge in [-0.05, 0) is 26.3 Å². The van der Waals surface area contributed by atoms with Crippen LogP contribution >= 0.6 is 11.3 Å². The van der Waals surface area contributed by atoms with Crippen molar-refractivity contribution < 1.29 is 13.5 Å². The van der Waals surface area contributed by atoms with E-state index in [0.29, 0.717) is 11.3 Å². The molecule has 0 aliphatic carbocycles. The van der Waals surface area contributed by atoms with Crippen molar-refractivity contribution in [2.75, 3.05) is 13.2 Å². The number of aliphatic hydroxyl groups is 1. The van der Waals surface area contributed by atoms with Crippen molar-refractivity contribution in [2.45, 2.75) is 25.2 Å². The first kappa shape index (κ1) is 12.6. The first-order chi connectivity index (χ1) is 6.97. The van der Waals surface area contributed by atoms with Crippen LogP contribution in [-0.4, -0.2) is 26.7 Å². The van der Waals surface area contributed by atoms with Gasteiger partial charge < -0.3 is 5.11 Å². The molecule has 4 nitrogen and oxygen atoms in total. The maximum Gasteiger partial charge on any atom is 0.241 e. The molecule has 86 valence electrons. The standard InChI is InChI=1S/C9H15NO3S2/c1-7-6-9(8(2)14-7)15(12,13)10-4-3-5-11/h6,10-11H,3-5H2,1-2H3. The normalized spacial score (nSPS) is 11.9. The van der Waals surface area contributed by atoms with Gasteiger partial charge in [-0.2, -0.15) is 0 Å². The van der Waals surface area contributed by atoms with Crippen molar-refractivity contribution in [3.8, 4) is 0 Å². The fourth-order valence-electron chi connectivity index (χ4n) is 1.24. The Morgan fingerprint density at radius 2 is 2.13 bits per heavy atom. The summed E-state index contributed by atoms with van der Waals surface area (Å²) in [6.45, 7) is 3.93. The molecule has 1 aromatic heterocycles. The van der Waals surface area contributed by atoms with E-state index in [1.165, 1.54) is 11.3 Å². The molecule has 2 N–H and O–H groups in total. The number of sulfonamides is 1. The van der Waals surface area contributed by atoms with Crippen LogP contribution in [0.25, 0.3) is 0 Å². The van der Waals surface area contributed by atoms with Crippen molar-refractivity contribution >= 4 is 21.4 Å². The van der Waals surface area contributed by atoms with Crippen LogP contribution in [0.5, 0.6) is 0 Å². The molecular weight excluding hydrogens is 234 g/mol. The molecule has 0 spiro atoms. The van der Waals surface area contributed by atoms with E-state index in [0.717, 1.165) is 9.75 Å². The number of hydrogen-bond acceptors (Lipinski definition) is 4.